The van der Waals surface area contributed by atoms with Crippen molar-refractivity contribution in [2.24, 2.45) is 0 Å². The number of halogens is 1. The fourth-order valence-electron chi connectivity index (χ4n) is 2.76. The van der Waals surface area contributed by atoms with E-state index in [1.165, 1.54) is 5.56 Å². The summed E-state index contributed by atoms with van der Waals surface area (Å²) in [5.41, 5.74) is 2.23. The molecule has 0 atom stereocenters. The van der Waals surface area contributed by atoms with Crippen LogP contribution >= 0.6 is 27.7 Å². The number of hydrogen-bond acceptors (Lipinski definition) is 4. The van der Waals surface area contributed by atoms with E-state index in [4.69, 9.17) is 0 Å². The lowest BCUT2D eigenvalue weighted by atomic mass is 10.1. The molecule has 0 aliphatic rings. The van der Waals surface area contributed by atoms with Gasteiger partial charge in [-0.05, 0) is 49.0 Å². The maximum atomic E-state index is 12.5. The number of aromatic nitrogens is 2. The molecule has 7 heteroatoms. The minimum atomic E-state index is -0.342. The molecule has 0 bridgehead atoms. The number of rotatable bonds is 7. The van der Waals surface area contributed by atoms with Gasteiger partial charge in [0.2, 0.25) is 0 Å². The van der Waals surface area contributed by atoms with Crippen LogP contribution in [0.3, 0.4) is 0 Å². The Labute approximate surface area is 187 Å². The zero-order chi connectivity index (χ0) is 21.5. The summed E-state index contributed by atoms with van der Waals surface area (Å²) in [5.74, 6) is 2.03. The Morgan fingerprint density at radius 3 is 2.20 bits per heavy atom. The third kappa shape index (κ3) is 6.32. The highest BCUT2D eigenvalue weighted by molar-refractivity contribution is 9.10. The maximum Gasteiger partial charge on any atom is 0.272 e. The highest BCUT2D eigenvalue weighted by atomic mass is 79.9. The summed E-state index contributed by atoms with van der Waals surface area (Å²) in [7, 11) is 4.14. The maximum absolute atomic E-state index is 12.5. The number of nitrogens with one attached hydrogen (secondary N) is 2. The lowest BCUT2D eigenvalue weighted by molar-refractivity contribution is 0.437. The summed E-state index contributed by atoms with van der Waals surface area (Å²) >= 11 is 5.33. The average Bonchev–Trinajstić information content (AvgIpc) is 2.71. The molecule has 0 fully saturated rings. The van der Waals surface area contributed by atoms with Gasteiger partial charge in [0, 0.05) is 22.5 Å². The molecule has 0 saturated carbocycles. The molecule has 0 saturated heterocycles. The molecule has 5 nitrogen and oxygen atoms in total. The molecule has 0 unspecified atom stereocenters. The van der Waals surface area contributed by atoms with Crippen molar-refractivity contribution in [1.82, 2.24) is 14.9 Å². The molecule has 0 amide bonds. The van der Waals surface area contributed by atoms with Gasteiger partial charge in [0.25, 0.3) is 11.1 Å². The monoisotopic (exact) mass is 485 g/mol. The van der Waals surface area contributed by atoms with Crippen LogP contribution in [-0.4, -0.2) is 41.3 Å². The summed E-state index contributed by atoms with van der Waals surface area (Å²) < 4.78 is 0.848. The van der Waals surface area contributed by atoms with Crippen LogP contribution < -0.4 is 21.8 Å². The van der Waals surface area contributed by atoms with E-state index < -0.39 is 0 Å². The quantitative estimate of drug-likeness (QED) is 0.503. The van der Waals surface area contributed by atoms with Crippen LogP contribution in [0.15, 0.2) is 62.6 Å². The summed E-state index contributed by atoms with van der Waals surface area (Å²) in [6.45, 7) is 1.06. The van der Waals surface area contributed by atoms with Crippen molar-refractivity contribution in [3.05, 3.63) is 101 Å². The number of H-pyrrole nitrogens is 2. The lowest BCUT2D eigenvalue weighted by Crippen LogP contribution is -2.46. The molecule has 2 N–H and O–H groups in total. The first-order valence-corrected chi connectivity index (χ1v) is 11.5. The largest absolute Gasteiger partial charge is 0.316 e. The van der Waals surface area contributed by atoms with Crippen molar-refractivity contribution in [3.8, 4) is 0 Å². The molecule has 0 radical (unpaired) electrons. The molecule has 3 rings (SSSR count). The van der Waals surface area contributed by atoms with Crippen molar-refractivity contribution >= 4 is 39.8 Å². The first kappa shape index (κ1) is 22.3. The van der Waals surface area contributed by atoms with E-state index in [2.05, 4.69) is 57.0 Å². The Kier molecular flexibility index (Phi) is 7.90. The second kappa shape index (κ2) is 10.6. The van der Waals surface area contributed by atoms with E-state index in [1.54, 1.807) is 12.2 Å². The first-order valence-electron chi connectivity index (χ1n) is 9.54. The molecule has 0 aliphatic heterocycles. The Morgan fingerprint density at radius 1 is 0.933 bits per heavy atom. The predicted molar refractivity (Wildman–Crippen MR) is 129 cm³/mol. The predicted octanol–water partition coefficient (Wildman–Crippen LogP) is 2.28. The number of thioether (sulfide) groups is 1. The zero-order valence-corrected chi connectivity index (χ0v) is 19.3. The second-order valence-electron chi connectivity index (χ2n) is 7.14. The van der Waals surface area contributed by atoms with Gasteiger partial charge < -0.3 is 14.9 Å². The third-order valence-electron chi connectivity index (χ3n) is 4.43. The molecule has 1 heterocycles. The molecule has 0 spiro atoms. The fourth-order valence-corrected chi connectivity index (χ4v) is 4.22. The van der Waals surface area contributed by atoms with Crippen molar-refractivity contribution in [1.29, 1.82) is 0 Å². The first-order chi connectivity index (χ1) is 14.4. The van der Waals surface area contributed by atoms with Crippen LogP contribution in [-0.2, 0) is 5.75 Å². The van der Waals surface area contributed by atoms with Crippen molar-refractivity contribution < 1.29 is 0 Å². The van der Waals surface area contributed by atoms with Gasteiger partial charge in [0.1, 0.15) is 10.7 Å². The average molecular weight is 486 g/mol. The number of aromatic amines is 2. The van der Waals surface area contributed by atoms with Crippen LogP contribution in [0.1, 0.15) is 16.7 Å². The van der Waals surface area contributed by atoms with Crippen LogP contribution in [0.4, 0.5) is 0 Å². The van der Waals surface area contributed by atoms with E-state index in [0.29, 0.717) is 0 Å². The van der Waals surface area contributed by atoms with E-state index in [-0.39, 0.29) is 21.8 Å². The van der Waals surface area contributed by atoms with Gasteiger partial charge in [-0.1, -0.05) is 58.4 Å². The summed E-state index contributed by atoms with van der Waals surface area (Å²) in [5, 5.41) is 0.450. The molecule has 156 valence electrons. The molecular weight excluding hydrogens is 462 g/mol. The molecule has 3 aromatic rings. The molecule has 30 heavy (non-hydrogen) atoms. The van der Waals surface area contributed by atoms with Crippen molar-refractivity contribution in [2.75, 3.05) is 26.4 Å². The molecule has 2 aromatic carbocycles. The lowest BCUT2D eigenvalue weighted by Gasteiger charge is -2.08. The Bertz CT molecular complexity index is 1230. The standard InChI is InChI=1S/C23H24BrN3O2S/c1-27(2)11-12-30-15-17-9-7-16(8-10-17)13-20-22(28)26-21(23(29)25-20)14-18-5-3-4-6-19(18)24/h3-10,13-14H,11-12,15H2,1-2H3,(H,25,29)(H,26,28)/b20-13-,21-14-. The van der Waals surface area contributed by atoms with Crippen LogP contribution in [0.5, 0.6) is 0 Å². The number of nitrogens with zero attached hydrogens (tertiary/aromatic N) is 1. The van der Waals surface area contributed by atoms with E-state index in [0.717, 1.165) is 33.7 Å². The zero-order valence-electron chi connectivity index (χ0n) is 16.9. The minimum absolute atomic E-state index is 0.217. The van der Waals surface area contributed by atoms with Gasteiger partial charge in [0.15, 0.2) is 0 Å². The SMILES string of the molecule is CN(C)CCSCc1ccc(/C=c2\[nH]c(=O)/c(=C/c3ccccc3Br)[nH]c2=O)cc1. The van der Waals surface area contributed by atoms with E-state index in [1.807, 2.05) is 48.2 Å². The van der Waals surface area contributed by atoms with Gasteiger partial charge in [-0.15, -0.1) is 0 Å². The van der Waals surface area contributed by atoms with Gasteiger partial charge in [-0.2, -0.15) is 11.8 Å². The van der Waals surface area contributed by atoms with E-state index >= 15 is 0 Å². The smallest absolute Gasteiger partial charge is 0.272 e. The topological polar surface area (TPSA) is 69.0 Å². The minimum Gasteiger partial charge on any atom is -0.316 e. The molecule has 1 aromatic heterocycles. The van der Waals surface area contributed by atoms with Crippen LogP contribution in [0, 0.1) is 0 Å². The Morgan fingerprint density at radius 2 is 1.57 bits per heavy atom. The normalized spacial score (nSPS) is 12.7. The fraction of sp³-hybridized carbons (Fsp3) is 0.217. The number of benzene rings is 2. The van der Waals surface area contributed by atoms with E-state index in [9.17, 15) is 9.59 Å². The van der Waals surface area contributed by atoms with Gasteiger partial charge in [-0.25, -0.2) is 0 Å². The summed E-state index contributed by atoms with van der Waals surface area (Å²) in [6.07, 6.45) is 3.34. The summed E-state index contributed by atoms with van der Waals surface area (Å²) in [4.78, 5) is 32.5. The third-order valence-corrected chi connectivity index (χ3v) is 6.16. The highest BCUT2D eigenvalue weighted by Crippen LogP contribution is 2.15. The van der Waals surface area contributed by atoms with Crippen LogP contribution in [0.25, 0.3) is 12.2 Å². The van der Waals surface area contributed by atoms with Gasteiger partial charge >= 0.3 is 0 Å². The van der Waals surface area contributed by atoms with Crippen LogP contribution in [0.2, 0.25) is 0 Å². The van der Waals surface area contributed by atoms with Gasteiger partial charge in [-0.3, -0.25) is 9.59 Å². The van der Waals surface area contributed by atoms with Crippen molar-refractivity contribution in [3.63, 3.8) is 0 Å². The highest BCUT2D eigenvalue weighted by Gasteiger charge is 2.00. The number of hydrogen-bond donors (Lipinski definition) is 2. The Hall–Kier alpha value is -2.35. The Balaban J connectivity index is 1.81. The second-order valence-corrected chi connectivity index (χ2v) is 9.10. The summed E-state index contributed by atoms with van der Waals surface area (Å²) in [6, 6.07) is 15.5. The molecule has 0 aliphatic carbocycles. The molecular formula is C23H24BrN3O2S. The van der Waals surface area contributed by atoms with Gasteiger partial charge in [0.05, 0.1) is 0 Å². The van der Waals surface area contributed by atoms with Crippen molar-refractivity contribution in [2.45, 2.75) is 5.75 Å².